The van der Waals surface area contributed by atoms with E-state index in [1.54, 1.807) is 32.3 Å². The van der Waals surface area contributed by atoms with Gasteiger partial charge in [0.2, 0.25) is 5.91 Å². The molecule has 2 aliphatic heterocycles. The lowest BCUT2D eigenvalue weighted by Gasteiger charge is -2.49. The van der Waals surface area contributed by atoms with E-state index in [4.69, 9.17) is 11.6 Å². The summed E-state index contributed by atoms with van der Waals surface area (Å²) in [5.41, 5.74) is 1.93. The molecule has 192 valence electrons. The van der Waals surface area contributed by atoms with Crippen LogP contribution in [0, 0.1) is 5.82 Å². The van der Waals surface area contributed by atoms with Crippen LogP contribution in [0.15, 0.2) is 42.5 Å². The summed E-state index contributed by atoms with van der Waals surface area (Å²) in [6, 6.07) is 12.8. The van der Waals surface area contributed by atoms with Gasteiger partial charge >= 0.3 is 0 Å². The van der Waals surface area contributed by atoms with Gasteiger partial charge in [-0.2, -0.15) is 0 Å². The van der Waals surface area contributed by atoms with Crippen LogP contribution in [-0.2, 0) is 10.2 Å². The number of anilines is 1. The van der Waals surface area contributed by atoms with Gasteiger partial charge in [0, 0.05) is 52.0 Å². The predicted molar refractivity (Wildman–Crippen MR) is 140 cm³/mol. The van der Waals surface area contributed by atoms with E-state index < -0.39 is 5.41 Å². The molecule has 2 heterocycles. The molecule has 3 fully saturated rings. The maximum atomic E-state index is 13.5. The Hall–Kier alpha value is -2.64. The highest BCUT2D eigenvalue weighted by atomic mass is 35.5. The second kappa shape index (κ2) is 10.0. The Morgan fingerprint density at radius 3 is 2.28 bits per heavy atom. The van der Waals surface area contributed by atoms with E-state index in [1.165, 1.54) is 17.0 Å². The van der Waals surface area contributed by atoms with Crippen molar-refractivity contribution in [3.63, 3.8) is 0 Å². The highest BCUT2D eigenvalue weighted by Gasteiger charge is 2.48. The van der Waals surface area contributed by atoms with Crippen molar-refractivity contribution < 1.29 is 14.0 Å². The first kappa shape index (κ1) is 25.0. The number of rotatable bonds is 6. The van der Waals surface area contributed by atoms with Gasteiger partial charge in [0.05, 0.1) is 22.0 Å². The minimum atomic E-state index is -0.458. The third-order valence-corrected chi connectivity index (χ3v) is 8.48. The Kier molecular flexibility index (Phi) is 6.97. The SMILES string of the molecule is CN(C)C(=O)c1ccc(NC2CN(C3CCN(C(=O)C4(c5ccc(F)cc5)CCC4)CC3)C2)cc1Cl. The molecule has 0 unspecified atom stereocenters. The molecule has 1 aliphatic carbocycles. The summed E-state index contributed by atoms with van der Waals surface area (Å²) in [5.74, 6) is -0.148. The maximum Gasteiger partial charge on any atom is 0.254 e. The fourth-order valence-corrected chi connectivity index (χ4v) is 6.08. The van der Waals surface area contributed by atoms with Gasteiger partial charge in [0.15, 0.2) is 0 Å². The quantitative estimate of drug-likeness (QED) is 0.623. The van der Waals surface area contributed by atoms with Gasteiger partial charge in [-0.15, -0.1) is 0 Å². The zero-order valence-corrected chi connectivity index (χ0v) is 21.7. The zero-order chi connectivity index (χ0) is 25.4. The second-order valence-electron chi connectivity index (χ2n) is 10.7. The molecule has 0 spiro atoms. The molecule has 0 aromatic heterocycles. The molecule has 0 bridgehead atoms. The fraction of sp³-hybridized carbons (Fsp3) is 0.500. The molecular weight excluding hydrogens is 479 g/mol. The molecular formula is C28H34ClFN4O2. The van der Waals surface area contributed by atoms with Gasteiger partial charge in [0.1, 0.15) is 5.82 Å². The van der Waals surface area contributed by atoms with Crippen molar-refractivity contribution >= 4 is 29.1 Å². The number of carbonyl (C=O) groups is 2. The Balaban J connectivity index is 1.11. The number of hydrogen-bond donors (Lipinski definition) is 1. The van der Waals surface area contributed by atoms with Crippen LogP contribution in [0.1, 0.15) is 48.0 Å². The molecule has 2 aromatic rings. The van der Waals surface area contributed by atoms with Crippen molar-refractivity contribution in [2.24, 2.45) is 0 Å². The standard InChI is InChI=1S/C28H34ClFN4O2/c1-32(2)26(35)24-9-8-21(16-25(24)29)31-22-17-34(18-22)23-10-14-33(15-11-23)27(36)28(12-3-13-28)19-4-6-20(30)7-5-19/h4-9,16,22-23,31H,3,10-15,17-18H2,1-2H3. The number of piperidine rings is 1. The average molecular weight is 513 g/mol. The van der Waals surface area contributed by atoms with Crippen molar-refractivity contribution in [1.82, 2.24) is 14.7 Å². The number of nitrogens with one attached hydrogen (secondary N) is 1. The largest absolute Gasteiger partial charge is 0.380 e. The molecule has 2 amide bonds. The van der Waals surface area contributed by atoms with E-state index in [-0.39, 0.29) is 17.6 Å². The monoisotopic (exact) mass is 512 g/mol. The Morgan fingerprint density at radius 1 is 1.06 bits per heavy atom. The lowest BCUT2D eigenvalue weighted by Crippen LogP contribution is -2.61. The Labute approximate surface area is 217 Å². The molecule has 3 aliphatic rings. The molecule has 8 heteroatoms. The van der Waals surface area contributed by atoms with Crippen LogP contribution in [0.4, 0.5) is 10.1 Å². The molecule has 0 atom stereocenters. The van der Waals surface area contributed by atoms with E-state index in [2.05, 4.69) is 10.2 Å². The molecule has 36 heavy (non-hydrogen) atoms. The Bertz CT molecular complexity index is 1120. The van der Waals surface area contributed by atoms with Gasteiger partial charge in [-0.1, -0.05) is 30.2 Å². The van der Waals surface area contributed by atoms with E-state index >= 15 is 0 Å². The molecule has 0 radical (unpaired) electrons. The first-order chi connectivity index (χ1) is 17.3. The van der Waals surface area contributed by atoms with Crippen molar-refractivity contribution in [1.29, 1.82) is 0 Å². The molecule has 2 saturated heterocycles. The van der Waals surface area contributed by atoms with Crippen LogP contribution in [0.3, 0.4) is 0 Å². The number of likely N-dealkylation sites (tertiary alicyclic amines) is 2. The van der Waals surface area contributed by atoms with Crippen molar-refractivity contribution in [2.75, 3.05) is 45.6 Å². The first-order valence-electron chi connectivity index (χ1n) is 12.8. The van der Waals surface area contributed by atoms with Crippen molar-refractivity contribution in [3.05, 3.63) is 64.4 Å². The molecule has 2 aromatic carbocycles. The number of carbonyl (C=O) groups excluding carboxylic acids is 2. The number of amides is 2. The van der Waals surface area contributed by atoms with Crippen LogP contribution >= 0.6 is 11.6 Å². The minimum Gasteiger partial charge on any atom is -0.380 e. The van der Waals surface area contributed by atoms with Crippen LogP contribution < -0.4 is 5.32 Å². The zero-order valence-electron chi connectivity index (χ0n) is 21.0. The fourth-order valence-electron chi connectivity index (χ4n) is 5.82. The second-order valence-corrected chi connectivity index (χ2v) is 11.1. The number of halogens is 2. The topological polar surface area (TPSA) is 55.9 Å². The third kappa shape index (κ3) is 4.71. The van der Waals surface area contributed by atoms with E-state index in [0.29, 0.717) is 22.7 Å². The molecule has 1 saturated carbocycles. The lowest BCUT2D eigenvalue weighted by molar-refractivity contribution is -0.142. The predicted octanol–water partition coefficient (Wildman–Crippen LogP) is 4.39. The average Bonchev–Trinajstić information content (AvgIpc) is 2.81. The van der Waals surface area contributed by atoms with E-state index in [1.807, 2.05) is 17.0 Å². The van der Waals surface area contributed by atoms with Gasteiger partial charge in [-0.05, 0) is 61.6 Å². The van der Waals surface area contributed by atoms with Crippen LogP contribution in [0.25, 0.3) is 0 Å². The normalized spacial score (nSPS) is 20.4. The van der Waals surface area contributed by atoms with E-state index in [0.717, 1.165) is 69.5 Å². The summed E-state index contributed by atoms with van der Waals surface area (Å²) in [7, 11) is 3.43. The number of nitrogens with zero attached hydrogens (tertiary/aromatic N) is 3. The highest BCUT2D eigenvalue weighted by molar-refractivity contribution is 6.34. The summed E-state index contributed by atoms with van der Waals surface area (Å²) in [6.45, 7) is 3.46. The van der Waals surface area contributed by atoms with Gasteiger partial charge < -0.3 is 15.1 Å². The number of benzene rings is 2. The summed E-state index contributed by atoms with van der Waals surface area (Å²) in [5, 5.41) is 3.98. The smallest absolute Gasteiger partial charge is 0.254 e. The summed E-state index contributed by atoms with van der Waals surface area (Å²) < 4.78 is 13.4. The Morgan fingerprint density at radius 2 is 1.72 bits per heavy atom. The third-order valence-electron chi connectivity index (χ3n) is 8.17. The van der Waals surface area contributed by atoms with Gasteiger partial charge in [-0.25, -0.2) is 4.39 Å². The van der Waals surface area contributed by atoms with Crippen LogP contribution in [0.5, 0.6) is 0 Å². The van der Waals surface area contributed by atoms with Gasteiger partial charge in [0.25, 0.3) is 5.91 Å². The van der Waals surface area contributed by atoms with Crippen molar-refractivity contribution in [2.45, 2.75) is 49.6 Å². The lowest BCUT2D eigenvalue weighted by atomic mass is 9.63. The van der Waals surface area contributed by atoms with Crippen molar-refractivity contribution in [3.8, 4) is 0 Å². The summed E-state index contributed by atoms with van der Waals surface area (Å²) in [6.07, 6.45) is 4.70. The molecule has 5 rings (SSSR count). The van der Waals surface area contributed by atoms with Gasteiger partial charge in [-0.3, -0.25) is 14.5 Å². The highest BCUT2D eigenvalue weighted by Crippen LogP contribution is 2.45. The van der Waals surface area contributed by atoms with E-state index in [9.17, 15) is 14.0 Å². The number of hydrogen-bond acceptors (Lipinski definition) is 4. The first-order valence-corrected chi connectivity index (χ1v) is 13.2. The summed E-state index contributed by atoms with van der Waals surface area (Å²) in [4.78, 5) is 31.7. The molecule has 6 nitrogen and oxygen atoms in total. The maximum absolute atomic E-state index is 13.5. The van der Waals surface area contributed by atoms with Crippen LogP contribution in [0.2, 0.25) is 5.02 Å². The minimum absolute atomic E-state index is 0.105. The van der Waals surface area contributed by atoms with Crippen LogP contribution in [-0.4, -0.2) is 78.9 Å². The summed E-state index contributed by atoms with van der Waals surface area (Å²) >= 11 is 6.35. The molecule has 1 N–H and O–H groups in total.